The van der Waals surface area contributed by atoms with Gasteiger partial charge in [0, 0.05) is 13.1 Å². The highest BCUT2D eigenvalue weighted by molar-refractivity contribution is 7.17. The number of rotatable bonds is 6. The molecule has 1 heterocycles. The maximum atomic E-state index is 10.5. The number of thiophene rings is 1. The van der Waals surface area contributed by atoms with Crippen LogP contribution < -0.4 is 4.90 Å². The van der Waals surface area contributed by atoms with Crippen LogP contribution in [0.3, 0.4) is 0 Å². The summed E-state index contributed by atoms with van der Waals surface area (Å²) in [4.78, 5) is 13.2. The molecule has 0 amide bonds. The summed E-state index contributed by atoms with van der Waals surface area (Å²) in [6, 6.07) is 3.66. The lowest BCUT2D eigenvalue weighted by molar-refractivity contribution is 0.112. The van der Waals surface area contributed by atoms with Gasteiger partial charge in [0.25, 0.3) is 0 Å². The number of carbonyl (C=O) groups excluding carboxylic acids is 1. The van der Waals surface area contributed by atoms with Gasteiger partial charge in [0.05, 0.1) is 16.5 Å². The summed E-state index contributed by atoms with van der Waals surface area (Å²) < 4.78 is 0. The molecule has 0 aromatic carbocycles. The highest BCUT2D eigenvalue weighted by Gasteiger charge is 2.06. The Morgan fingerprint density at radius 3 is 2.86 bits per heavy atom. The fraction of sp³-hybridized carbons (Fsp3) is 0.300. The van der Waals surface area contributed by atoms with Crippen molar-refractivity contribution in [1.29, 1.82) is 0 Å². The molecule has 0 saturated carbocycles. The minimum atomic E-state index is 0.0994. The minimum Gasteiger partial charge on any atom is -0.395 e. The van der Waals surface area contributed by atoms with E-state index < -0.39 is 0 Å². The van der Waals surface area contributed by atoms with E-state index in [4.69, 9.17) is 5.11 Å². The van der Waals surface area contributed by atoms with E-state index in [-0.39, 0.29) is 6.61 Å². The Kier molecular flexibility index (Phi) is 4.35. The lowest BCUT2D eigenvalue weighted by Crippen LogP contribution is -2.25. The van der Waals surface area contributed by atoms with E-state index in [1.807, 2.05) is 11.0 Å². The molecule has 0 fully saturated rings. The predicted octanol–water partition coefficient (Wildman–Crippen LogP) is 1.55. The summed E-state index contributed by atoms with van der Waals surface area (Å²) in [5.74, 6) is 0. The zero-order chi connectivity index (χ0) is 10.4. The highest BCUT2D eigenvalue weighted by atomic mass is 32.1. The van der Waals surface area contributed by atoms with E-state index in [0.717, 1.165) is 11.3 Å². The number of aliphatic hydroxyl groups is 1. The van der Waals surface area contributed by atoms with Crippen molar-refractivity contribution in [3.05, 3.63) is 29.7 Å². The average molecular weight is 211 g/mol. The molecular weight excluding hydrogens is 198 g/mol. The molecule has 0 atom stereocenters. The third-order valence-electron chi connectivity index (χ3n) is 1.76. The van der Waals surface area contributed by atoms with Gasteiger partial charge in [-0.3, -0.25) is 4.79 Å². The summed E-state index contributed by atoms with van der Waals surface area (Å²) in [5.41, 5.74) is 0. The topological polar surface area (TPSA) is 40.5 Å². The second-order valence-electron chi connectivity index (χ2n) is 2.75. The molecule has 0 spiro atoms. The summed E-state index contributed by atoms with van der Waals surface area (Å²) in [6.07, 6.45) is 2.61. The van der Waals surface area contributed by atoms with Crippen LogP contribution in [0.15, 0.2) is 24.8 Å². The second kappa shape index (κ2) is 5.57. The van der Waals surface area contributed by atoms with Crippen molar-refractivity contribution in [3.8, 4) is 0 Å². The fourth-order valence-electron chi connectivity index (χ4n) is 1.14. The molecule has 0 aliphatic rings. The third kappa shape index (κ3) is 2.68. The Bertz CT molecular complexity index is 309. The van der Waals surface area contributed by atoms with Crippen LogP contribution in [-0.2, 0) is 0 Å². The van der Waals surface area contributed by atoms with Gasteiger partial charge in [-0.25, -0.2) is 0 Å². The second-order valence-corrected chi connectivity index (χ2v) is 3.85. The van der Waals surface area contributed by atoms with Crippen molar-refractivity contribution in [2.45, 2.75) is 0 Å². The third-order valence-corrected chi connectivity index (χ3v) is 2.83. The van der Waals surface area contributed by atoms with Crippen LogP contribution >= 0.6 is 11.3 Å². The molecule has 0 aliphatic heterocycles. The van der Waals surface area contributed by atoms with Gasteiger partial charge in [-0.1, -0.05) is 6.08 Å². The lowest BCUT2D eigenvalue weighted by atomic mass is 10.4. The number of carbonyl (C=O) groups is 1. The first kappa shape index (κ1) is 10.9. The average Bonchev–Trinajstić information content (AvgIpc) is 2.65. The maximum Gasteiger partial charge on any atom is 0.160 e. The Morgan fingerprint density at radius 1 is 1.57 bits per heavy atom. The van der Waals surface area contributed by atoms with Gasteiger partial charge < -0.3 is 10.0 Å². The summed E-state index contributed by atoms with van der Waals surface area (Å²) in [7, 11) is 0. The SMILES string of the molecule is C=CCN(CCO)c1ccc(C=O)s1. The molecule has 0 aliphatic carbocycles. The molecule has 76 valence electrons. The van der Waals surface area contributed by atoms with Crippen LogP contribution in [0.4, 0.5) is 5.00 Å². The van der Waals surface area contributed by atoms with Crippen LogP contribution in [-0.4, -0.2) is 31.1 Å². The first-order valence-corrected chi connectivity index (χ1v) is 5.15. The van der Waals surface area contributed by atoms with E-state index in [9.17, 15) is 4.79 Å². The zero-order valence-corrected chi connectivity index (χ0v) is 8.67. The lowest BCUT2D eigenvalue weighted by Gasteiger charge is -2.19. The molecule has 1 N–H and O–H groups in total. The molecule has 1 aromatic rings. The smallest absolute Gasteiger partial charge is 0.160 e. The number of anilines is 1. The largest absolute Gasteiger partial charge is 0.395 e. The van der Waals surface area contributed by atoms with Gasteiger partial charge in [-0.2, -0.15) is 0 Å². The van der Waals surface area contributed by atoms with Crippen molar-refractivity contribution in [1.82, 2.24) is 0 Å². The molecule has 1 aromatic heterocycles. The molecule has 14 heavy (non-hydrogen) atoms. The molecule has 0 unspecified atom stereocenters. The quantitative estimate of drug-likeness (QED) is 0.573. The molecule has 0 saturated heterocycles. The van der Waals surface area contributed by atoms with Crippen molar-refractivity contribution >= 4 is 22.6 Å². The fourth-order valence-corrected chi connectivity index (χ4v) is 2.00. The van der Waals surface area contributed by atoms with E-state index in [0.29, 0.717) is 18.0 Å². The normalized spacial score (nSPS) is 9.79. The number of hydrogen-bond donors (Lipinski definition) is 1. The first-order valence-electron chi connectivity index (χ1n) is 4.33. The highest BCUT2D eigenvalue weighted by Crippen LogP contribution is 2.24. The summed E-state index contributed by atoms with van der Waals surface area (Å²) >= 11 is 1.42. The van der Waals surface area contributed by atoms with Crippen LogP contribution in [0.25, 0.3) is 0 Å². The Balaban J connectivity index is 2.75. The van der Waals surface area contributed by atoms with Crippen LogP contribution in [0.5, 0.6) is 0 Å². The predicted molar refractivity (Wildman–Crippen MR) is 59.2 cm³/mol. The van der Waals surface area contributed by atoms with Crippen LogP contribution in [0.1, 0.15) is 9.67 Å². The molecule has 3 nitrogen and oxygen atoms in total. The molecule has 4 heteroatoms. The minimum absolute atomic E-state index is 0.0994. The van der Waals surface area contributed by atoms with Crippen LogP contribution in [0.2, 0.25) is 0 Å². The monoisotopic (exact) mass is 211 g/mol. The number of nitrogens with zero attached hydrogens (tertiary/aromatic N) is 1. The number of hydrogen-bond acceptors (Lipinski definition) is 4. The molecule has 0 radical (unpaired) electrons. The maximum absolute atomic E-state index is 10.5. The first-order chi connectivity index (χ1) is 6.81. The van der Waals surface area contributed by atoms with Crippen molar-refractivity contribution in [2.75, 3.05) is 24.6 Å². The Morgan fingerprint density at radius 2 is 2.36 bits per heavy atom. The van der Waals surface area contributed by atoms with Gasteiger partial charge in [0.15, 0.2) is 6.29 Å². The summed E-state index contributed by atoms with van der Waals surface area (Å²) in [5, 5.41) is 9.83. The van der Waals surface area contributed by atoms with Crippen LogP contribution in [0, 0.1) is 0 Å². The van der Waals surface area contributed by atoms with Gasteiger partial charge in [0.1, 0.15) is 0 Å². The zero-order valence-electron chi connectivity index (χ0n) is 7.85. The van der Waals surface area contributed by atoms with E-state index in [1.165, 1.54) is 11.3 Å². The van der Waals surface area contributed by atoms with E-state index in [2.05, 4.69) is 6.58 Å². The van der Waals surface area contributed by atoms with Gasteiger partial charge in [0.2, 0.25) is 0 Å². The number of aliphatic hydroxyl groups excluding tert-OH is 1. The van der Waals surface area contributed by atoms with E-state index in [1.54, 1.807) is 12.1 Å². The molecular formula is C10H13NO2S. The van der Waals surface area contributed by atoms with Gasteiger partial charge in [-0.15, -0.1) is 17.9 Å². The summed E-state index contributed by atoms with van der Waals surface area (Å²) in [6.45, 7) is 4.99. The van der Waals surface area contributed by atoms with Crippen molar-refractivity contribution < 1.29 is 9.90 Å². The van der Waals surface area contributed by atoms with E-state index >= 15 is 0 Å². The standard InChI is InChI=1S/C10H13NO2S/c1-2-5-11(6-7-12)10-4-3-9(8-13)14-10/h2-4,8,12H,1,5-7H2. The Labute approximate surface area is 87.3 Å². The number of aldehydes is 1. The Hall–Kier alpha value is -1.13. The molecule has 1 rings (SSSR count). The van der Waals surface area contributed by atoms with Gasteiger partial charge in [-0.05, 0) is 12.1 Å². The van der Waals surface area contributed by atoms with Crippen molar-refractivity contribution in [3.63, 3.8) is 0 Å². The van der Waals surface area contributed by atoms with Crippen molar-refractivity contribution in [2.24, 2.45) is 0 Å². The molecule has 0 bridgehead atoms. The van der Waals surface area contributed by atoms with Gasteiger partial charge >= 0.3 is 0 Å².